The van der Waals surface area contributed by atoms with Gasteiger partial charge < -0.3 is 15.0 Å². The van der Waals surface area contributed by atoms with Gasteiger partial charge in [-0.2, -0.15) is 0 Å². The van der Waals surface area contributed by atoms with Crippen LogP contribution in [-0.2, 0) is 4.74 Å². The summed E-state index contributed by atoms with van der Waals surface area (Å²) < 4.78 is 20.4. The van der Waals surface area contributed by atoms with Gasteiger partial charge in [-0.15, -0.1) is 0 Å². The summed E-state index contributed by atoms with van der Waals surface area (Å²) in [6.07, 6.45) is 6.93. The lowest BCUT2D eigenvalue weighted by Crippen LogP contribution is -2.28. The molecular weight excluding hydrogens is 385 g/mol. The highest BCUT2D eigenvalue weighted by Crippen LogP contribution is 2.40. The van der Waals surface area contributed by atoms with Crippen molar-refractivity contribution in [3.8, 4) is 0 Å². The van der Waals surface area contributed by atoms with Crippen molar-refractivity contribution in [3.63, 3.8) is 0 Å². The Morgan fingerprint density at radius 3 is 2.70 bits per heavy atom. The van der Waals surface area contributed by atoms with E-state index in [1.54, 1.807) is 13.1 Å². The number of hydrogen-bond donors (Lipinski definition) is 1. The molecule has 30 heavy (non-hydrogen) atoms. The number of nitrogens with zero attached hydrogens (tertiary/aromatic N) is 4. The van der Waals surface area contributed by atoms with Crippen LogP contribution in [0.5, 0.6) is 0 Å². The van der Waals surface area contributed by atoms with Crippen LogP contribution in [0.3, 0.4) is 0 Å². The van der Waals surface area contributed by atoms with Crippen molar-refractivity contribution in [2.24, 2.45) is 0 Å². The molecule has 160 valence electrons. The predicted octanol–water partition coefficient (Wildman–Crippen LogP) is 4.04. The molecule has 0 bridgehead atoms. The van der Waals surface area contributed by atoms with Crippen molar-refractivity contribution in [2.75, 3.05) is 29.9 Å². The third kappa shape index (κ3) is 4.28. The van der Waals surface area contributed by atoms with Crippen LogP contribution in [0.1, 0.15) is 73.8 Å². The fourth-order valence-electron chi connectivity index (χ4n) is 3.97. The first-order valence-corrected chi connectivity index (χ1v) is 10.5. The molecule has 2 atom stereocenters. The number of amides is 1. The van der Waals surface area contributed by atoms with Crippen molar-refractivity contribution in [3.05, 3.63) is 41.6 Å². The van der Waals surface area contributed by atoms with Crippen LogP contribution in [0, 0.1) is 0 Å². The minimum Gasteiger partial charge on any atom is -0.373 e. The van der Waals surface area contributed by atoms with Gasteiger partial charge >= 0.3 is 0 Å². The monoisotopic (exact) mass is 413 g/mol. The molecule has 8 heteroatoms. The summed E-state index contributed by atoms with van der Waals surface area (Å²) in [6, 6.07) is 1.87. The molecule has 4 rings (SSSR count). The normalized spacial score (nSPS) is 23.9. The number of alkyl halides is 1. The third-order valence-electron chi connectivity index (χ3n) is 5.65. The second kappa shape index (κ2) is 8.26. The Hall–Kier alpha value is -2.61. The minimum atomic E-state index is -1.27. The summed E-state index contributed by atoms with van der Waals surface area (Å²) in [6.45, 7) is 7.07. The van der Waals surface area contributed by atoms with Crippen LogP contribution in [-0.4, -0.2) is 46.2 Å². The van der Waals surface area contributed by atoms with E-state index in [2.05, 4.69) is 20.3 Å². The lowest BCUT2D eigenvalue weighted by molar-refractivity contribution is 0.102. The van der Waals surface area contributed by atoms with Crippen LogP contribution in [0.25, 0.3) is 0 Å². The number of halogens is 1. The third-order valence-corrected chi connectivity index (χ3v) is 5.65. The molecule has 4 heterocycles. The van der Waals surface area contributed by atoms with Crippen LogP contribution in [0.2, 0.25) is 0 Å². The highest BCUT2D eigenvalue weighted by molar-refractivity contribution is 6.06. The van der Waals surface area contributed by atoms with Gasteiger partial charge in [0.15, 0.2) is 5.82 Å². The van der Waals surface area contributed by atoms with E-state index in [1.807, 2.05) is 24.8 Å². The smallest absolute Gasteiger partial charge is 0.258 e. The van der Waals surface area contributed by atoms with E-state index in [0.717, 1.165) is 18.4 Å². The van der Waals surface area contributed by atoms with E-state index >= 15 is 0 Å². The molecule has 0 radical (unpaired) electrons. The Labute approximate surface area is 176 Å². The highest BCUT2D eigenvalue weighted by Gasteiger charge is 2.36. The van der Waals surface area contributed by atoms with E-state index in [-0.39, 0.29) is 24.5 Å². The van der Waals surface area contributed by atoms with Crippen molar-refractivity contribution in [2.45, 2.75) is 57.7 Å². The molecular formula is C22H28FN5O2. The molecule has 0 saturated carbocycles. The maximum Gasteiger partial charge on any atom is 0.258 e. The van der Waals surface area contributed by atoms with Gasteiger partial charge in [-0.05, 0) is 25.8 Å². The van der Waals surface area contributed by atoms with Gasteiger partial charge in [0.2, 0.25) is 0 Å². The molecule has 2 aliphatic rings. The first-order chi connectivity index (χ1) is 14.3. The fourth-order valence-corrected chi connectivity index (χ4v) is 3.97. The Morgan fingerprint density at radius 2 is 2.10 bits per heavy atom. The van der Waals surface area contributed by atoms with Gasteiger partial charge in [-0.3, -0.25) is 4.79 Å². The first kappa shape index (κ1) is 20.7. The van der Waals surface area contributed by atoms with E-state index in [0.29, 0.717) is 42.5 Å². The molecule has 1 amide bonds. The number of carbonyl (C=O) groups excluding carboxylic acids is 1. The number of carbonyl (C=O) groups is 1. The second-order valence-electron chi connectivity index (χ2n) is 8.62. The van der Waals surface area contributed by atoms with Gasteiger partial charge in [0.05, 0.1) is 23.9 Å². The Kier molecular flexibility index (Phi) is 5.69. The number of rotatable bonds is 5. The zero-order valence-corrected chi connectivity index (χ0v) is 17.7. The zero-order valence-electron chi connectivity index (χ0n) is 17.7. The van der Waals surface area contributed by atoms with Crippen LogP contribution < -0.4 is 10.2 Å². The average molecular weight is 413 g/mol. The summed E-state index contributed by atoms with van der Waals surface area (Å²) in [7, 11) is 0. The van der Waals surface area contributed by atoms with E-state index in [4.69, 9.17) is 4.74 Å². The molecule has 0 aromatic carbocycles. The molecule has 0 spiro atoms. The molecule has 2 aromatic rings. The van der Waals surface area contributed by atoms with E-state index < -0.39 is 5.67 Å². The predicted molar refractivity (Wildman–Crippen MR) is 113 cm³/mol. The molecule has 2 saturated heterocycles. The SMILES string of the molecule is CC(C)c1ncc(C(=O)Nc2c([C@H]3CCCO3)ccnc2N2CCC(C)(F)C2)cn1. The Morgan fingerprint density at radius 1 is 1.33 bits per heavy atom. The van der Waals surface area contributed by atoms with Gasteiger partial charge in [-0.1, -0.05) is 13.8 Å². The topological polar surface area (TPSA) is 80.2 Å². The number of nitrogens with one attached hydrogen (secondary N) is 1. The van der Waals surface area contributed by atoms with Gasteiger partial charge in [-0.25, -0.2) is 19.3 Å². The molecule has 1 N–H and O–H groups in total. The summed E-state index contributed by atoms with van der Waals surface area (Å²) in [4.78, 5) is 28.0. The Balaban J connectivity index is 1.66. The lowest BCUT2D eigenvalue weighted by Gasteiger charge is -2.25. The van der Waals surface area contributed by atoms with E-state index in [1.165, 1.54) is 12.4 Å². The van der Waals surface area contributed by atoms with Crippen molar-refractivity contribution < 1.29 is 13.9 Å². The minimum absolute atomic E-state index is 0.110. The quantitative estimate of drug-likeness (QED) is 0.797. The molecule has 7 nitrogen and oxygen atoms in total. The molecule has 1 unspecified atom stereocenters. The summed E-state index contributed by atoms with van der Waals surface area (Å²) >= 11 is 0. The zero-order chi connectivity index (χ0) is 21.3. The average Bonchev–Trinajstić information content (AvgIpc) is 3.37. The van der Waals surface area contributed by atoms with Crippen LogP contribution in [0.4, 0.5) is 15.9 Å². The summed E-state index contributed by atoms with van der Waals surface area (Å²) in [5, 5.41) is 3.00. The van der Waals surface area contributed by atoms with Crippen LogP contribution >= 0.6 is 0 Å². The van der Waals surface area contributed by atoms with Crippen LogP contribution in [0.15, 0.2) is 24.7 Å². The van der Waals surface area contributed by atoms with Crippen molar-refractivity contribution >= 4 is 17.4 Å². The van der Waals surface area contributed by atoms with Gasteiger partial charge in [0, 0.05) is 49.6 Å². The molecule has 2 aliphatic heterocycles. The summed E-state index contributed by atoms with van der Waals surface area (Å²) in [5.41, 5.74) is 0.547. The standard InChI is InChI=1S/C22H28FN5O2/c1-14(2)19-25-11-15(12-26-19)21(29)27-18-16(17-5-4-10-30-17)6-8-24-20(18)28-9-7-22(3,23)13-28/h6,8,11-12,14,17H,4-5,7,9-10,13H2,1-3H3,(H,27,29)/t17-,22?/m1/s1. The highest BCUT2D eigenvalue weighted by atomic mass is 19.1. The maximum atomic E-state index is 14.5. The Bertz CT molecular complexity index is 910. The number of hydrogen-bond acceptors (Lipinski definition) is 6. The van der Waals surface area contributed by atoms with Crippen molar-refractivity contribution in [1.29, 1.82) is 0 Å². The molecule has 2 fully saturated rings. The van der Waals surface area contributed by atoms with Gasteiger partial charge in [0.1, 0.15) is 11.5 Å². The maximum absolute atomic E-state index is 14.5. The number of pyridine rings is 1. The van der Waals surface area contributed by atoms with Gasteiger partial charge in [0.25, 0.3) is 5.91 Å². The fraction of sp³-hybridized carbons (Fsp3) is 0.545. The largest absolute Gasteiger partial charge is 0.373 e. The number of aromatic nitrogens is 3. The first-order valence-electron chi connectivity index (χ1n) is 10.5. The summed E-state index contributed by atoms with van der Waals surface area (Å²) in [5.74, 6) is 1.13. The number of ether oxygens (including phenoxy) is 1. The molecule has 2 aromatic heterocycles. The van der Waals surface area contributed by atoms with Crippen molar-refractivity contribution in [1.82, 2.24) is 15.0 Å². The second-order valence-corrected chi connectivity index (χ2v) is 8.62. The van der Waals surface area contributed by atoms with E-state index in [9.17, 15) is 9.18 Å². The lowest BCUT2D eigenvalue weighted by atomic mass is 10.0. The number of anilines is 2. The molecule has 0 aliphatic carbocycles.